The van der Waals surface area contributed by atoms with E-state index in [1.165, 1.54) is 6.92 Å². The molecule has 0 aliphatic carbocycles. The molecule has 27 heavy (non-hydrogen) atoms. The summed E-state index contributed by atoms with van der Waals surface area (Å²) < 4.78 is 0.0388. The fraction of sp³-hybridized carbons (Fsp3) is 0.278. The molecule has 0 aromatic heterocycles. The number of para-hydroxylation sites is 1. The van der Waals surface area contributed by atoms with Gasteiger partial charge in [0.25, 0.3) is 11.8 Å². The van der Waals surface area contributed by atoms with Crippen molar-refractivity contribution in [3.8, 4) is 0 Å². The van der Waals surface area contributed by atoms with E-state index >= 15 is 0 Å². The Morgan fingerprint density at radius 2 is 1.78 bits per heavy atom. The molecule has 0 bridgehead atoms. The normalized spacial score (nSPS) is 20.5. The van der Waals surface area contributed by atoms with E-state index in [2.05, 4.69) is 0 Å². The molecule has 1 aromatic rings. The molecule has 0 radical (unpaired) electrons. The molecule has 2 aliphatic rings. The number of hydrogen-bond donors (Lipinski definition) is 0. The van der Waals surface area contributed by atoms with E-state index < -0.39 is 35.7 Å². The topological polar surface area (TPSA) is 97.8 Å². The summed E-state index contributed by atoms with van der Waals surface area (Å²) in [6.07, 6.45) is 0. The lowest BCUT2D eigenvalue weighted by atomic mass is 10.0. The zero-order valence-electron chi connectivity index (χ0n) is 14.7. The molecule has 0 saturated carbocycles. The number of carbonyl (C=O) groups is 4. The molecule has 3 rings (SSSR count). The Kier molecular flexibility index (Phi) is 4.92. The van der Waals surface area contributed by atoms with Gasteiger partial charge in [0.15, 0.2) is 0 Å². The Labute approximate surface area is 165 Å². The van der Waals surface area contributed by atoms with Crippen LogP contribution in [-0.2, 0) is 19.2 Å². The van der Waals surface area contributed by atoms with Gasteiger partial charge in [0, 0.05) is 12.5 Å². The van der Waals surface area contributed by atoms with Gasteiger partial charge in [-0.25, -0.2) is 4.90 Å². The van der Waals surface area contributed by atoms with Crippen LogP contribution in [-0.4, -0.2) is 39.0 Å². The molecule has 2 aliphatic heterocycles. The average molecular weight is 403 g/mol. The molecule has 7 nitrogen and oxygen atoms in total. The average Bonchev–Trinajstić information content (AvgIpc) is 3.01. The van der Waals surface area contributed by atoms with Gasteiger partial charge in [0.2, 0.25) is 5.91 Å². The summed E-state index contributed by atoms with van der Waals surface area (Å²) in [6, 6.07) is 5.37. The highest BCUT2D eigenvalue weighted by Crippen LogP contribution is 2.45. The van der Waals surface area contributed by atoms with Gasteiger partial charge in [0.05, 0.1) is 28.2 Å². The van der Waals surface area contributed by atoms with Crippen LogP contribution in [0.25, 0.3) is 5.57 Å². The maximum atomic E-state index is 13.0. The van der Waals surface area contributed by atoms with Gasteiger partial charge in [-0.1, -0.05) is 56.0 Å². The third kappa shape index (κ3) is 2.96. The summed E-state index contributed by atoms with van der Waals surface area (Å²) in [5.74, 6) is -3.64. The number of carboxylic acid groups (broad SMARTS) is 1. The fourth-order valence-corrected chi connectivity index (χ4v) is 4.60. The Morgan fingerprint density at radius 1 is 1.15 bits per heavy atom. The van der Waals surface area contributed by atoms with Crippen LogP contribution >= 0.6 is 24.0 Å². The molecular weight excluding hydrogens is 388 g/mol. The number of hydrogen-bond acceptors (Lipinski definition) is 7. The minimum absolute atomic E-state index is 0.0214. The number of nitrogens with zero attached hydrogens (tertiary/aromatic N) is 2. The van der Waals surface area contributed by atoms with Crippen molar-refractivity contribution < 1.29 is 24.3 Å². The van der Waals surface area contributed by atoms with E-state index in [0.717, 1.165) is 21.6 Å². The van der Waals surface area contributed by atoms with Crippen LogP contribution in [0.5, 0.6) is 0 Å². The molecule has 140 valence electrons. The number of thioether (sulfide) groups is 1. The standard InChI is InChI=1S/C18H16N2O5S2/c1-8(2)13(17(24)25)20-16(23)14(27-18(20)26)12-10-6-4-5-7-11(10)19(9(3)21)15(12)22/h4-8,13H,1-3H3,(H,24,25)/p-1/b14-12+/t13-/m0/s1. The minimum Gasteiger partial charge on any atom is -0.548 e. The summed E-state index contributed by atoms with van der Waals surface area (Å²) >= 11 is 6.07. The largest absolute Gasteiger partial charge is 0.548 e. The monoisotopic (exact) mass is 403 g/mol. The number of carboxylic acids is 1. The van der Waals surface area contributed by atoms with E-state index in [-0.39, 0.29) is 14.8 Å². The Bertz CT molecular complexity index is 937. The first-order chi connectivity index (χ1) is 12.7. The number of benzene rings is 1. The molecule has 2 heterocycles. The van der Waals surface area contributed by atoms with Crippen molar-refractivity contribution in [1.82, 2.24) is 4.90 Å². The molecule has 1 atom stereocenters. The predicted molar refractivity (Wildman–Crippen MR) is 102 cm³/mol. The summed E-state index contributed by atoms with van der Waals surface area (Å²) in [4.78, 5) is 51.4. The molecule has 1 fully saturated rings. The van der Waals surface area contributed by atoms with E-state index in [0.29, 0.717) is 11.3 Å². The van der Waals surface area contributed by atoms with Gasteiger partial charge in [-0.15, -0.1) is 0 Å². The first-order valence-corrected chi connectivity index (χ1v) is 9.34. The van der Waals surface area contributed by atoms with E-state index in [9.17, 15) is 24.3 Å². The van der Waals surface area contributed by atoms with E-state index in [4.69, 9.17) is 12.2 Å². The molecule has 0 unspecified atom stereocenters. The van der Waals surface area contributed by atoms with Crippen molar-refractivity contribution >= 4 is 63.3 Å². The summed E-state index contributed by atoms with van der Waals surface area (Å²) in [7, 11) is 0. The van der Waals surface area contributed by atoms with Gasteiger partial charge in [0.1, 0.15) is 4.32 Å². The SMILES string of the molecule is CC(=O)N1C(=O)/C(=C2/SC(=S)N([C@H](C(=O)[O-])C(C)C)C2=O)c2ccccc21. The van der Waals surface area contributed by atoms with Crippen LogP contribution in [0.1, 0.15) is 26.3 Å². The number of rotatable bonds is 3. The Hall–Kier alpha value is -2.52. The zero-order valence-corrected chi connectivity index (χ0v) is 16.3. The second kappa shape index (κ2) is 6.90. The number of thiocarbonyl (C=S) groups is 1. The highest BCUT2D eigenvalue weighted by Gasteiger charge is 2.45. The van der Waals surface area contributed by atoms with Gasteiger partial charge < -0.3 is 9.90 Å². The Morgan fingerprint density at radius 3 is 2.33 bits per heavy atom. The van der Waals surface area contributed by atoms with E-state index in [1.54, 1.807) is 38.1 Å². The summed E-state index contributed by atoms with van der Waals surface area (Å²) in [5, 5.41) is 11.5. The van der Waals surface area contributed by atoms with Crippen LogP contribution in [0.3, 0.4) is 0 Å². The number of fused-ring (bicyclic) bond motifs is 1. The number of carbonyl (C=O) groups excluding carboxylic acids is 4. The maximum Gasteiger partial charge on any atom is 0.267 e. The van der Waals surface area contributed by atoms with Gasteiger partial charge in [-0.3, -0.25) is 19.3 Å². The third-order valence-electron chi connectivity index (χ3n) is 4.32. The second-order valence-electron chi connectivity index (χ2n) is 6.43. The molecule has 3 amide bonds. The van der Waals surface area contributed by atoms with Crippen molar-refractivity contribution in [2.24, 2.45) is 5.92 Å². The van der Waals surface area contributed by atoms with Crippen molar-refractivity contribution in [2.75, 3.05) is 4.90 Å². The predicted octanol–water partition coefficient (Wildman–Crippen LogP) is 0.926. The molecule has 1 saturated heterocycles. The highest BCUT2D eigenvalue weighted by atomic mass is 32.2. The number of imide groups is 1. The van der Waals surface area contributed by atoms with Gasteiger partial charge in [-0.05, 0) is 12.0 Å². The smallest absolute Gasteiger partial charge is 0.267 e. The van der Waals surface area contributed by atoms with Gasteiger partial charge >= 0.3 is 0 Å². The molecule has 0 N–H and O–H groups in total. The van der Waals surface area contributed by atoms with Crippen LogP contribution in [0.4, 0.5) is 5.69 Å². The fourth-order valence-electron chi connectivity index (χ4n) is 3.19. The van der Waals surface area contributed by atoms with Crippen LogP contribution in [0.15, 0.2) is 29.2 Å². The van der Waals surface area contributed by atoms with Crippen molar-refractivity contribution in [3.63, 3.8) is 0 Å². The second-order valence-corrected chi connectivity index (χ2v) is 8.08. The zero-order chi connectivity index (χ0) is 20.0. The van der Waals surface area contributed by atoms with E-state index in [1.807, 2.05) is 0 Å². The molecule has 0 spiro atoms. The van der Waals surface area contributed by atoms with Crippen LogP contribution < -0.4 is 10.0 Å². The molecular formula is C18H15N2O5S2-. The molecule has 1 aromatic carbocycles. The summed E-state index contributed by atoms with van der Waals surface area (Å²) in [5.41, 5.74) is 0.879. The number of anilines is 1. The lowest BCUT2D eigenvalue weighted by Gasteiger charge is -2.30. The Balaban J connectivity index is 2.16. The minimum atomic E-state index is -1.42. The lowest BCUT2D eigenvalue weighted by Crippen LogP contribution is -2.52. The van der Waals surface area contributed by atoms with Crippen LogP contribution in [0.2, 0.25) is 0 Å². The third-order valence-corrected chi connectivity index (χ3v) is 5.72. The lowest BCUT2D eigenvalue weighted by molar-refractivity contribution is -0.311. The number of amides is 3. The van der Waals surface area contributed by atoms with Crippen molar-refractivity contribution in [2.45, 2.75) is 26.8 Å². The maximum absolute atomic E-state index is 13.0. The van der Waals surface area contributed by atoms with Gasteiger partial charge in [-0.2, -0.15) is 0 Å². The number of aliphatic carboxylic acids is 1. The summed E-state index contributed by atoms with van der Waals surface area (Å²) in [6.45, 7) is 4.53. The molecule has 9 heteroatoms. The quantitative estimate of drug-likeness (QED) is 0.547. The van der Waals surface area contributed by atoms with Crippen molar-refractivity contribution in [3.05, 3.63) is 34.7 Å². The highest BCUT2D eigenvalue weighted by molar-refractivity contribution is 8.26. The van der Waals surface area contributed by atoms with Crippen LogP contribution in [0, 0.1) is 5.92 Å². The first kappa shape index (κ1) is 19.2. The van der Waals surface area contributed by atoms with Crippen molar-refractivity contribution in [1.29, 1.82) is 0 Å². The first-order valence-electron chi connectivity index (χ1n) is 8.11.